The summed E-state index contributed by atoms with van der Waals surface area (Å²) >= 11 is 0. The minimum Gasteiger partial charge on any atom is -0.456 e. The predicted octanol–water partition coefficient (Wildman–Crippen LogP) is 15.9. The first-order valence-electron chi connectivity index (χ1n) is 21.7. The second-order valence-corrected chi connectivity index (χ2v) is 17.6. The molecule has 1 aromatic heterocycles. The van der Waals surface area contributed by atoms with Crippen molar-refractivity contribution >= 4 is 51.2 Å². The van der Waals surface area contributed by atoms with Crippen LogP contribution in [0.1, 0.15) is 58.4 Å². The van der Waals surface area contributed by atoms with E-state index < -0.39 is 5.41 Å². The van der Waals surface area contributed by atoms with Gasteiger partial charge in [0, 0.05) is 39.3 Å². The fourth-order valence-electron chi connectivity index (χ4n) is 11.3. The Bertz CT molecular complexity index is 3460. The lowest BCUT2D eigenvalue weighted by Crippen LogP contribution is -2.29. The number of hydrogen-bond acceptors (Lipinski definition) is 2. The summed E-state index contributed by atoms with van der Waals surface area (Å²) in [7, 11) is 0. The van der Waals surface area contributed by atoms with Gasteiger partial charge in [-0.2, -0.15) is 0 Å². The van der Waals surface area contributed by atoms with Gasteiger partial charge in [0.05, 0.1) is 5.41 Å². The van der Waals surface area contributed by atoms with Crippen LogP contribution in [-0.4, -0.2) is 0 Å². The highest BCUT2D eigenvalue weighted by molar-refractivity contribution is 6.06. The normalized spacial score (nSPS) is 14.5. The molecule has 0 atom stereocenters. The van der Waals surface area contributed by atoms with E-state index in [-0.39, 0.29) is 5.41 Å². The third-order valence-corrected chi connectivity index (χ3v) is 14.1. The number of benzene rings is 9. The molecule has 9 aromatic carbocycles. The Morgan fingerprint density at radius 1 is 0.355 bits per heavy atom. The van der Waals surface area contributed by atoms with Crippen LogP contribution in [0, 0.1) is 0 Å². The number of anilines is 3. The molecule has 0 N–H and O–H groups in total. The monoisotopic (exact) mass is 791 g/mol. The molecule has 13 rings (SSSR count). The largest absolute Gasteiger partial charge is 0.456 e. The molecule has 0 radical (unpaired) electrons. The third kappa shape index (κ3) is 4.81. The first-order chi connectivity index (χ1) is 30.5. The molecule has 2 heteroatoms. The molecular formula is C60H41NO. The average molecular weight is 792 g/mol. The van der Waals surface area contributed by atoms with Crippen LogP contribution in [-0.2, 0) is 10.8 Å². The lowest BCUT2D eigenvalue weighted by Gasteiger charge is -2.35. The van der Waals surface area contributed by atoms with Crippen molar-refractivity contribution in [2.24, 2.45) is 0 Å². The summed E-state index contributed by atoms with van der Waals surface area (Å²) in [6.45, 7) is 4.70. The molecule has 292 valence electrons. The standard InChI is InChI=1S/C60H41NO/c1-59(2)53-20-10-5-15-45(53)47-32-30-43(36-56(47)59)61(44-31-33-49-48-17-7-12-22-57(48)62-58(49)37-44)42-28-25-38(26-29-42)41-27-34-55-50(35-41)46-16-6-11-21-54(46)60(55)51-18-8-3-13-39(51)23-24-40-14-4-9-19-52(40)60/h3-37H,1-2H3. The topological polar surface area (TPSA) is 16.4 Å². The molecule has 0 saturated heterocycles. The SMILES string of the molecule is CC1(C)c2ccccc2-c2ccc(N(c3ccc(-c4ccc5c(c4)-c4ccccc4C54c5ccccc5C=Cc5ccccc54)cc3)c3ccc4c(c3)oc3ccccc34)cc21. The van der Waals surface area contributed by atoms with E-state index in [1.807, 2.05) is 6.07 Å². The van der Waals surface area contributed by atoms with Crippen LogP contribution in [0.4, 0.5) is 17.1 Å². The van der Waals surface area contributed by atoms with Gasteiger partial charge in [-0.1, -0.05) is 172 Å². The van der Waals surface area contributed by atoms with Gasteiger partial charge in [-0.3, -0.25) is 0 Å². The lowest BCUT2D eigenvalue weighted by molar-refractivity contribution is 0.660. The summed E-state index contributed by atoms with van der Waals surface area (Å²) in [4.78, 5) is 2.38. The van der Waals surface area contributed by atoms with Gasteiger partial charge in [0.2, 0.25) is 0 Å². The summed E-state index contributed by atoms with van der Waals surface area (Å²) < 4.78 is 6.46. The molecule has 10 aromatic rings. The van der Waals surface area contributed by atoms with Crippen molar-refractivity contribution < 1.29 is 4.42 Å². The summed E-state index contributed by atoms with van der Waals surface area (Å²) in [5.74, 6) is 0. The second-order valence-electron chi connectivity index (χ2n) is 17.6. The number of rotatable bonds is 4. The van der Waals surface area contributed by atoms with Gasteiger partial charge in [-0.25, -0.2) is 0 Å². The molecule has 2 nitrogen and oxygen atoms in total. The highest BCUT2D eigenvalue weighted by Crippen LogP contribution is 2.59. The van der Waals surface area contributed by atoms with Crippen molar-refractivity contribution in [1.29, 1.82) is 0 Å². The van der Waals surface area contributed by atoms with Crippen LogP contribution < -0.4 is 4.90 Å². The predicted molar refractivity (Wildman–Crippen MR) is 258 cm³/mol. The van der Waals surface area contributed by atoms with Crippen molar-refractivity contribution in [3.05, 3.63) is 245 Å². The highest BCUT2D eigenvalue weighted by Gasteiger charge is 2.48. The molecule has 0 amide bonds. The maximum atomic E-state index is 6.46. The van der Waals surface area contributed by atoms with Crippen LogP contribution in [0.3, 0.4) is 0 Å². The quantitative estimate of drug-likeness (QED) is 0.177. The summed E-state index contributed by atoms with van der Waals surface area (Å²) in [5.41, 5.74) is 22.6. The molecular weight excluding hydrogens is 751 g/mol. The van der Waals surface area contributed by atoms with Crippen molar-refractivity contribution in [3.8, 4) is 33.4 Å². The van der Waals surface area contributed by atoms with Gasteiger partial charge >= 0.3 is 0 Å². The Morgan fingerprint density at radius 2 is 0.887 bits per heavy atom. The van der Waals surface area contributed by atoms with E-state index in [0.29, 0.717) is 0 Å². The molecule has 3 aliphatic rings. The number of hydrogen-bond donors (Lipinski definition) is 0. The Balaban J connectivity index is 0.951. The number of fused-ring (bicyclic) bond motifs is 15. The van der Waals surface area contributed by atoms with E-state index in [0.717, 1.165) is 39.0 Å². The molecule has 3 aliphatic carbocycles. The van der Waals surface area contributed by atoms with E-state index in [4.69, 9.17) is 4.42 Å². The van der Waals surface area contributed by atoms with Crippen molar-refractivity contribution in [3.63, 3.8) is 0 Å². The number of furan rings is 1. The van der Waals surface area contributed by atoms with E-state index >= 15 is 0 Å². The third-order valence-electron chi connectivity index (χ3n) is 14.1. The van der Waals surface area contributed by atoms with Crippen molar-refractivity contribution in [2.45, 2.75) is 24.7 Å². The smallest absolute Gasteiger partial charge is 0.137 e. The molecule has 0 aliphatic heterocycles. The minimum absolute atomic E-state index is 0.123. The zero-order valence-electron chi connectivity index (χ0n) is 34.6. The molecule has 1 spiro atoms. The van der Waals surface area contributed by atoms with Crippen LogP contribution in [0.2, 0.25) is 0 Å². The van der Waals surface area contributed by atoms with Gasteiger partial charge in [0.15, 0.2) is 0 Å². The molecule has 0 unspecified atom stereocenters. The Morgan fingerprint density at radius 3 is 1.65 bits per heavy atom. The number of para-hydroxylation sites is 1. The fourth-order valence-corrected chi connectivity index (χ4v) is 11.3. The van der Waals surface area contributed by atoms with Gasteiger partial charge in [-0.15, -0.1) is 0 Å². The summed E-state index contributed by atoms with van der Waals surface area (Å²) in [6, 6.07) is 74.0. The van der Waals surface area contributed by atoms with Gasteiger partial charge in [0.1, 0.15) is 11.2 Å². The first-order valence-corrected chi connectivity index (χ1v) is 21.7. The molecule has 1 heterocycles. The van der Waals surface area contributed by atoms with E-state index in [2.05, 4.69) is 225 Å². The minimum atomic E-state index is -0.432. The molecule has 62 heavy (non-hydrogen) atoms. The second kappa shape index (κ2) is 12.9. The maximum absolute atomic E-state index is 6.46. The van der Waals surface area contributed by atoms with Gasteiger partial charge < -0.3 is 9.32 Å². The lowest BCUT2D eigenvalue weighted by atomic mass is 9.66. The van der Waals surface area contributed by atoms with Crippen molar-refractivity contribution in [2.75, 3.05) is 4.90 Å². The van der Waals surface area contributed by atoms with E-state index in [1.54, 1.807) is 0 Å². The Hall–Kier alpha value is -7.68. The van der Waals surface area contributed by atoms with Crippen LogP contribution in [0.25, 0.3) is 67.5 Å². The van der Waals surface area contributed by atoms with Gasteiger partial charge in [0.25, 0.3) is 0 Å². The molecule has 0 saturated carbocycles. The fraction of sp³-hybridized carbons (Fsp3) is 0.0667. The van der Waals surface area contributed by atoms with Crippen LogP contribution >= 0.6 is 0 Å². The Kier molecular flexibility index (Phi) is 7.31. The highest BCUT2D eigenvalue weighted by atomic mass is 16.3. The number of nitrogens with zero attached hydrogens (tertiary/aromatic N) is 1. The van der Waals surface area contributed by atoms with Crippen LogP contribution in [0.15, 0.2) is 205 Å². The molecule has 0 fully saturated rings. The molecule has 0 bridgehead atoms. The van der Waals surface area contributed by atoms with Crippen molar-refractivity contribution in [1.82, 2.24) is 0 Å². The van der Waals surface area contributed by atoms with E-state index in [1.165, 1.54) is 77.9 Å². The zero-order chi connectivity index (χ0) is 41.2. The van der Waals surface area contributed by atoms with E-state index in [9.17, 15) is 0 Å². The maximum Gasteiger partial charge on any atom is 0.137 e. The summed E-state index contributed by atoms with van der Waals surface area (Å²) in [5, 5.41) is 2.26. The summed E-state index contributed by atoms with van der Waals surface area (Å²) in [6.07, 6.45) is 4.58. The van der Waals surface area contributed by atoms with Gasteiger partial charge in [-0.05, 0) is 126 Å². The first kappa shape index (κ1) is 35.1. The zero-order valence-corrected chi connectivity index (χ0v) is 34.6. The van der Waals surface area contributed by atoms with Crippen LogP contribution in [0.5, 0.6) is 0 Å². The average Bonchev–Trinajstić information content (AvgIpc) is 3.87. The Labute approximate surface area is 361 Å².